The first-order valence-electron chi connectivity index (χ1n) is 6.89. The standard InChI is InChI=1S/C15H22N2O2/c1-16-15(14(18)19,13-7-3-2-4-8-13)9-12-17-10-5-6-11-17/h2-4,7-8,16H,5-6,9-12H2,1H3,(H,18,19). The Balaban J connectivity index is 2.16. The van der Waals surface area contributed by atoms with Crippen LogP contribution in [0.1, 0.15) is 24.8 Å². The molecule has 0 radical (unpaired) electrons. The molecule has 1 heterocycles. The number of carbonyl (C=O) groups is 1. The highest BCUT2D eigenvalue weighted by atomic mass is 16.4. The van der Waals surface area contributed by atoms with Crippen molar-refractivity contribution in [1.29, 1.82) is 0 Å². The Kier molecular flexibility index (Phi) is 4.56. The third-order valence-corrected chi connectivity index (χ3v) is 4.06. The fraction of sp³-hybridized carbons (Fsp3) is 0.533. The molecule has 19 heavy (non-hydrogen) atoms. The molecule has 1 unspecified atom stereocenters. The van der Waals surface area contributed by atoms with Crippen molar-refractivity contribution in [3.8, 4) is 0 Å². The molecule has 1 aliphatic heterocycles. The third kappa shape index (κ3) is 2.96. The number of nitrogens with zero attached hydrogens (tertiary/aromatic N) is 1. The van der Waals surface area contributed by atoms with Gasteiger partial charge in [0, 0.05) is 6.54 Å². The van der Waals surface area contributed by atoms with Crippen molar-refractivity contribution in [2.45, 2.75) is 24.8 Å². The van der Waals surface area contributed by atoms with Crippen molar-refractivity contribution in [3.05, 3.63) is 35.9 Å². The second-order valence-corrected chi connectivity index (χ2v) is 5.13. The van der Waals surface area contributed by atoms with Crippen LogP contribution in [0, 0.1) is 0 Å². The van der Waals surface area contributed by atoms with Crippen LogP contribution in [0.3, 0.4) is 0 Å². The Morgan fingerprint density at radius 2 is 1.95 bits per heavy atom. The lowest BCUT2D eigenvalue weighted by molar-refractivity contribution is -0.145. The summed E-state index contributed by atoms with van der Waals surface area (Å²) in [6, 6.07) is 9.45. The number of likely N-dealkylation sites (N-methyl/N-ethyl adjacent to an activating group) is 1. The quantitative estimate of drug-likeness (QED) is 0.819. The van der Waals surface area contributed by atoms with E-state index in [1.807, 2.05) is 30.3 Å². The van der Waals surface area contributed by atoms with Crippen LogP contribution < -0.4 is 5.32 Å². The van der Waals surface area contributed by atoms with Crippen LogP contribution >= 0.6 is 0 Å². The molecule has 0 saturated carbocycles. The van der Waals surface area contributed by atoms with E-state index in [1.54, 1.807) is 7.05 Å². The lowest BCUT2D eigenvalue weighted by atomic mass is 9.86. The van der Waals surface area contributed by atoms with Gasteiger partial charge in [0.25, 0.3) is 0 Å². The van der Waals surface area contributed by atoms with E-state index in [1.165, 1.54) is 12.8 Å². The number of likely N-dealkylation sites (tertiary alicyclic amines) is 1. The van der Waals surface area contributed by atoms with Crippen molar-refractivity contribution in [3.63, 3.8) is 0 Å². The van der Waals surface area contributed by atoms with Gasteiger partial charge >= 0.3 is 5.97 Å². The summed E-state index contributed by atoms with van der Waals surface area (Å²) in [6.45, 7) is 3.00. The van der Waals surface area contributed by atoms with Crippen molar-refractivity contribution < 1.29 is 9.90 Å². The van der Waals surface area contributed by atoms with E-state index in [4.69, 9.17) is 0 Å². The molecule has 2 rings (SSSR count). The molecular weight excluding hydrogens is 240 g/mol. The van der Waals surface area contributed by atoms with E-state index < -0.39 is 11.5 Å². The predicted molar refractivity (Wildman–Crippen MR) is 75.1 cm³/mol. The van der Waals surface area contributed by atoms with Gasteiger partial charge in [-0.2, -0.15) is 0 Å². The Morgan fingerprint density at radius 1 is 1.32 bits per heavy atom. The summed E-state index contributed by atoms with van der Waals surface area (Å²) >= 11 is 0. The second kappa shape index (κ2) is 6.17. The minimum Gasteiger partial charge on any atom is -0.480 e. The second-order valence-electron chi connectivity index (χ2n) is 5.13. The van der Waals surface area contributed by atoms with Crippen molar-refractivity contribution in [2.24, 2.45) is 0 Å². The van der Waals surface area contributed by atoms with Gasteiger partial charge in [-0.3, -0.25) is 0 Å². The molecule has 0 spiro atoms. The minimum absolute atomic E-state index is 0.586. The summed E-state index contributed by atoms with van der Waals surface area (Å²) in [5, 5.41) is 12.7. The van der Waals surface area contributed by atoms with Gasteiger partial charge in [0.2, 0.25) is 0 Å². The van der Waals surface area contributed by atoms with E-state index in [0.29, 0.717) is 6.42 Å². The Hall–Kier alpha value is -1.39. The first-order chi connectivity index (χ1) is 9.19. The summed E-state index contributed by atoms with van der Waals surface area (Å²) < 4.78 is 0. The highest BCUT2D eigenvalue weighted by Crippen LogP contribution is 2.26. The first kappa shape index (κ1) is 14.0. The van der Waals surface area contributed by atoms with Gasteiger partial charge in [0.15, 0.2) is 0 Å². The zero-order valence-corrected chi connectivity index (χ0v) is 11.4. The van der Waals surface area contributed by atoms with Gasteiger partial charge in [-0.25, -0.2) is 4.79 Å². The molecular formula is C15H22N2O2. The van der Waals surface area contributed by atoms with Gasteiger partial charge in [-0.05, 0) is 45.0 Å². The number of carboxylic acids is 1. The molecule has 0 amide bonds. The molecule has 0 bridgehead atoms. The number of nitrogens with one attached hydrogen (secondary N) is 1. The third-order valence-electron chi connectivity index (χ3n) is 4.06. The summed E-state index contributed by atoms with van der Waals surface area (Å²) in [5.74, 6) is -0.805. The predicted octanol–water partition coefficient (Wildman–Crippen LogP) is 1.67. The summed E-state index contributed by atoms with van der Waals surface area (Å²) in [4.78, 5) is 14.1. The largest absolute Gasteiger partial charge is 0.480 e. The molecule has 0 aliphatic carbocycles. The summed E-state index contributed by atoms with van der Waals surface area (Å²) in [7, 11) is 1.73. The fourth-order valence-electron chi connectivity index (χ4n) is 2.81. The Labute approximate surface area is 114 Å². The normalized spacial score (nSPS) is 19.2. The maximum atomic E-state index is 11.8. The Bertz CT molecular complexity index is 415. The Morgan fingerprint density at radius 3 is 2.47 bits per heavy atom. The van der Waals surface area contributed by atoms with Crippen molar-refractivity contribution in [2.75, 3.05) is 26.7 Å². The number of rotatable bonds is 6. The molecule has 104 valence electrons. The van der Waals surface area contributed by atoms with Crippen LogP contribution in [0.5, 0.6) is 0 Å². The highest BCUT2D eigenvalue weighted by molar-refractivity contribution is 5.80. The zero-order valence-electron chi connectivity index (χ0n) is 11.4. The molecule has 1 aromatic carbocycles. The number of carboxylic acid groups (broad SMARTS) is 1. The maximum absolute atomic E-state index is 11.8. The van der Waals surface area contributed by atoms with Crippen LogP contribution in [0.2, 0.25) is 0 Å². The van der Waals surface area contributed by atoms with Crippen molar-refractivity contribution >= 4 is 5.97 Å². The zero-order chi connectivity index (χ0) is 13.7. The molecule has 4 nitrogen and oxygen atoms in total. The van der Waals surface area contributed by atoms with Gasteiger partial charge in [0.05, 0.1) is 0 Å². The average molecular weight is 262 g/mol. The summed E-state index contributed by atoms with van der Waals surface area (Å²) in [5.41, 5.74) is -0.159. The van der Waals surface area contributed by atoms with Crippen LogP contribution in [0.15, 0.2) is 30.3 Å². The minimum atomic E-state index is -0.982. The topological polar surface area (TPSA) is 52.6 Å². The molecule has 0 aromatic heterocycles. The van der Waals surface area contributed by atoms with E-state index in [9.17, 15) is 9.90 Å². The molecule has 1 atom stereocenters. The number of hydrogen-bond donors (Lipinski definition) is 2. The molecule has 1 aliphatic rings. The van der Waals surface area contributed by atoms with E-state index >= 15 is 0 Å². The van der Waals surface area contributed by atoms with E-state index in [0.717, 1.165) is 25.2 Å². The van der Waals surface area contributed by atoms with Gasteiger partial charge in [0.1, 0.15) is 5.54 Å². The fourth-order valence-corrected chi connectivity index (χ4v) is 2.81. The van der Waals surface area contributed by atoms with Crippen LogP contribution in [-0.2, 0) is 10.3 Å². The smallest absolute Gasteiger partial charge is 0.328 e. The van der Waals surface area contributed by atoms with Crippen molar-refractivity contribution in [1.82, 2.24) is 10.2 Å². The molecule has 2 N–H and O–H groups in total. The average Bonchev–Trinajstić information content (AvgIpc) is 2.94. The highest BCUT2D eigenvalue weighted by Gasteiger charge is 2.38. The molecule has 4 heteroatoms. The first-order valence-corrected chi connectivity index (χ1v) is 6.89. The molecule has 1 aromatic rings. The van der Waals surface area contributed by atoms with Gasteiger partial charge in [-0.15, -0.1) is 0 Å². The van der Waals surface area contributed by atoms with Crippen LogP contribution in [-0.4, -0.2) is 42.7 Å². The number of hydrogen-bond acceptors (Lipinski definition) is 3. The SMILES string of the molecule is CNC(CCN1CCCC1)(C(=O)O)c1ccccc1. The monoisotopic (exact) mass is 262 g/mol. The molecule has 1 fully saturated rings. The number of benzene rings is 1. The van der Waals surface area contributed by atoms with E-state index in [2.05, 4.69) is 10.2 Å². The lowest BCUT2D eigenvalue weighted by Gasteiger charge is -2.31. The maximum Gasteiger partial charge on any atom is 0.328 e. The van der Waals surface area contributed by atoms with E-state index in [-0.39, 0.29) is 0 Å². The van der Waals surface area contributed by atoms with Crippen LogP contribution in [0.25, 0.3) is 0 Å². The van der Waals surface area contributed by atoms with Crippen LogP contribution in [0.4, 0.5) is 0 Å². The lowest BCUT2D eigenvalue weighted by Crippen LogP contribution is -2.49. The molecule has 1 saturated heterocycles. The number of aliphatic carboxylic acids is 1. The van der Waals surface area contributed by atoms with Gasteiger partial charge in [-0.1, -0.05) is 30.3 Å². The van der Waals surface area contributed by atoms with Gasteiger partial charge < -0.3 is 15.3 Å². The summed E-state index contributed by atoms with van der Waals surface area (Å²) in [6.07, 6.45) is 3.04.